The number of rotatable bonds is 3. The fraction of sp³-hybridized carbons (Fsp3) is 0.750. The third kappa shape index (κ3) is 1.67. The van der Waals surface area contributed by atoms with Gasteiger partial charge in [-0.25, -0.2) is 0 Å². The minimum atomic E-state index is 0.962. The molecule has 3 atom stereocenters. The van der Waals surface area contributed by atoms with E-state index in [9.17, 15) is 0 Å². The summed E-state index contributed by atoms with van der Waals surface area (Å²) in [5, 5.41) is 0. The van der Waals surface area contributed by atoms with E-state index in [1.165, 1.54) is 51.4 Å². The van der Waals surface area contributed by atoms with Crippen LogP contribution in [0, 0.1) is 17.8 Å². The molecule has 0 heterocycles. The van der Waals surface area contributed by atoms with Gasteiger partial charge in [-0.1, -0.05) is 43.1 Å². The molecule has 88 valence electrons. The van der Waals surface area contributed by atoms with Crippen molar-refractivity contribution in [1.29, 1.82) is 0 Å². The minimum absolute atomic E-state index is 0.962. The third-order valence-corrected chi connectivity index (χ3v) is 5.12. The van der Waals surface area contributed by atoms with E-state index in [4.69, 9.17) is 0 Å². The average Bonchev–Trinajstić information content (AvgIpc) is 2.28. The van der Waals surface area contributed by atoms with E-state index in [-0.39, 0.29) is 0 Å². The van der Waals surface area contributed by atoms with Crippen molar-refractivity contribution >= 4 is 0 Å². The molecule has 3 aliphatic carbocycles. The zero-order chi connectivity index (χ0) is 11.0. The van der Waals surface area contributed by atoms with E-state index in [0.717, 1.165) is 17.8 Å². The summed E-state index contributed by atoms with van der Waals surface area (Å²) in [6.07, 6.45) is 16.2. The van der Waals surface area contributed by atoms with Gasteiger partial charge in [0.1, 0.15) is 0 Å². The smallest absolute Gasteiger partial charge is 0.0132 e. The fourth-order valence-electron chi connectivity index (χ4n) is 4.13. The van der Waals surface area contributed by atoms with Gasteiger partial charge in [0.05, 0.1) is 0 Å². The molecular weight excluding hydrogens is 192 g/mol. The maximum atomic E-state index is 2.45. The van der Waals surface area contributed by atoms with Gasteiger partial charge in [0.25, 0.3) is 0 Å². The van der Waals surface area contributed by atoms with Gasteiger partial charge in [-0.15, -0.1) is 0 Å². The number of allylic oxidation sites excluding steroid dienone is 4. The summed E-state index contributed by atoms with van der Waals surface area (Å²) in [6.45, 7) is 2.33. The number of fused-ring (bicyclic) bond motifs is 2. The highest BCUT2D eigenvalue weighted by molar-refractivity contribution is 5.32. The van der Waals surface area contributed by atoms with Crippen molar-refractivity contribution in [1.82, 2.24) is 0 Å². The van der Waals surface area contributed by atoms with Crippen molar-refractivity contribution in [3.05, 3.63) is 23.3 Å². The van der Waals surface area contributed by atoms with Crippen LogP contribution in [-0.2, 0) is 0 Å². The molecule has 0 bridgehead atoms. The summed E-state index contributed by atoms with van der Waals surface area (Å²) in [4.78, 5) is 0. The zero-order valence-corrected chi connectivity index (χ0v) is 10.5. The Bertz CT molecular complexity index is 321. The lowest BCUT2D eigenvalue weighted by Crippen LogP contribution is -2.35. The predicted octanol–water partition coefficient (Wildman–Crippen LogP) is 4.87. The molecular formula is C16H24. The Morgan fingerprint density at radius 2 is 2.06 bits per heavy atom. The summed E-state index contributed by atoms with van der Waals surface area (Å²) < 4.78 is 0. The van der Waals surface area contributed by atoms with Crippen LogP contribution in [0.15, 0.2) is 23.3 Å². The molecule has 0 radical (unpaired) electrons. The molecule has 0 heteroatoms. The second-order valence-corrected chi connectivity index (χ2v) is 5.95. The van der Waals surface area contributed by atoms with Crippen molar-refractivity contribution in [2.45, 2.75) is 58.3 Å². The highest BCUT2D eigenvalue weighted by Gasteiger charge is 2.40. The van der Waals surface area contributed by atoms with Crippen LogP contribution in [0.1, 0.15) is 58.3 Å². The van der Waals surface area contributed by atoms with Gasteiger partial charge >= 0.3 is 0 Å². The molecule has 3 unspecified atom stereocenters. The molecule has 0 N–H and O–H groups in total. The maximum absolute atomic E-state index is 2.45. The highest BCUT2D eigenvalue weighted by Crippen LogP contribution is 2.52. The summed E-state index contributed by atoms with van der Waals surface area (Å²) in [6, 6.07) is 0. The predicted molar refractivity (Wildman–Crippen MR) is 69.2 cm³/mol. The molecule has 0 aromatic carbocycles. The lowest BCUT2D eigenvalue weighted by Gasteiger charge is -2.46. The van der Waals surface area contributed by atoms with Crippen LogP contribution in [0.3, 0.4) is 0 Å². The van der Waals surface area contributed by atoms with E-state index in [0.29, 0.717) is 0 Å². The Kier molecular flexibility index (Phi) is 2.91. The first-order valence-corrected chi connectivity index (χ1v) is 7.26. The van der Waals surface area contributed by atoms with E-state index in [1.807, 2.05) is 11.1 Å². The average molecular weight is 216 g/mol. The Morgan fingerprint density at radius 1 is 1.19 bits per heavy atom. The van der Waals surface area contributed by atoms with Crippen LogP contribution in [0.5, 0.6) is 0 Å². The summed E-state index contributed by atoms with van der Waals surface area (Å²) >= 11 is 0. The van der Waals surface area contributed by atoms with Crippen LogP contribution in [-0.4, -0.2) is 0 Å². The Labute approximate surface area is 99.8 Å². The first kappa shape index (κ1) is 10.6. The van der Waals surface area contributed by atoms with Crippen molar-refractivity contribution in [2.75, 3.05) is 0 Å². The van der Waals surface area contributed by atoms with Crippen molar-refractivity contribution < 1.29 is 0 Å². The number of hydrogen-bond donors (Lipinski definition) is 0. The first-order chi connectivity index (χ1) is 7.90. The Balaban J connectivity index is 1.78. The SMILES string of the molecule is CCCCC1CC2=C(CC2)C2CC=CCC12. The maximum Gasteiger partial charge on any atom is -0.0132 e. The van der Waals surface area contributed by atoms with Crippen LogP contribution in [0.25, 0.3) is 0 Å². The van der Waals surface area contributed by atoms with E-state index >= 15 is 0 Å². The minimum Gasteiger partial charge on any atom is -0.0882 e. The Morgan fingerprint density at radius 3 is 2.81 bits per heavy atom. The number of hydrogen-bond acceptors (Lipinski definition) is 0. The van der Waals surface area contributed by atoms with E-state index < -0.39 is 0 Å². The van der Waals surface area contributed by atoms with Crippen LogP contribution < -0.4 is 0 Å². The fourth-order valence-corrected chi connectivity index (χ4v) is 4.13. The normalized spacial score (nSPS) is 36.7. The molecule has 3 rings (SSSR count). The molecule has 16 heavy (non-hydrogen) atoms. The van der Waals surface area contributed by atoms with Crippen LogP contribution in [0.2, 0.25) is 0 Å². The molecule has 0 aromatic heterocycles. The lowest BCUT2D eigenvalue weighted by atomic mass is 9.59. The second kappa shape index (κ2) is 4.39. The third-order valence-electron chi connectivity index (χ3n) is 5.12. The largest absolute Gasteiger partial charge is 0.0882 e. The molecule has 0 fully saturated rings. The first-order valence-electron chi connectivity index (χ1n) is 7.26. The lowest BCUT2D eigenvalue weighted by molar-refractivity contribution is 0.190. The zero-order valence-electron chi connectivity index (χ0n) is 10.5. The van der Waals surface area contributed by atoms with Gasteiger partial charge in [0.2, 0.25) is 0 Å². The van der Waals surface area contributed by atoms with Gasteiger partial charge < -0.3 is 0 Å². The van der Waals surface area contributed by atoms with Crippen molar-refractivity contribution in [3.8, 4) is 0 Å². The van der Waals surface area contributed by atoms with E-state index in [2.05, 4.69) is 19.1 Å². The molecule has 0 spiro atoms. The molecule has 0 aromatic rings. The van der Waals surface area contributed by atoms with Gasteiger partial charge in [0.15, 0.2) is 0 Å². The van der Waals surface area contributed by atoms with Crippen LogP contribution in [0.4, 0.5) is 0 Å². The van der Waals surface area contributed by atoms with Gasteiger partial charge in [0, 0.05) is 0 Å². The van der Waals surface area contributed by atoms with Crippen molar-refractivity contribution in [2.24, 2.45) is 17.8 Å². The molecule has 3 aliphatic rings. The summed E-state index contributed by atoms with van der Waals surface area (Å²) in [5.74, 6) is 2.99. The monoisotopic (exact) mass is 216 g/mol. The van der Waals surface area contributed by atoms with Gasteiger partial charge in [-0.05, 0) is 56.3 Å². The summed E-state index contributed by atoms with van der Waals surface area (Å²) in [5.41, 5.74) is 3.76. The molecule has 0 aliphatic heterocycles. The highest BCUT2D eigenvalue weighted by atomic mass is 14.4. The second-order valence-electron chi connectivity index (χ2n) is 5.95. The molecule has 0 saturated heterocycles. The Hall–Kier alpha value is -0.520. The van der Waals surface area contributed by atoms with E-state index in [1.54, 1.807) is 0 Å². The standard InChI is InChI=1S/C16H24/c1-2-3-6-12-11-13-9-10-15(13)16-8-5-4-7-14(12)16/h4-5,12,14,16H,2-3,6-11H2,1H3. The molecule has 0 nitrogen and oxygen atoms in total. The quantitative estimate of drug-likeness (QED) is 0.590. The summed E-state index contributed by atoms with van der Waals surface area (Å²) in [7, 11) is 0. The molecule has 0 saturated carbocycles. The van der Waals surface area contributed by atoms with Crippen LogP contribution >= 0.6 is 0 Å². The topological polar surface area (TPSA) is 0 Å². The van der Waals surface area contributed by atoms with Crippen molar-refractivity contribution in [3.63, 3.8) is 0 Å². The van der Waals surface area contributed by atoms with Gasteiger partial charge in [-0.3, -0.25) is 0 Å². The van der Waals surface area contributed by atoms with Gasteiger partial charge in [-0.2, -0.15) is 0 Å². The number of unbranched alkanes of at least 4 members (excludes halogenated alkanes) is 1. The molecule has 0 amide bonds.